The van der Waals surface area contributed by atoms with E-state index >= 15 is 0 Å². The molecule has 1 aliphatic rings. The lowest BCUT2D eigenvalue weighted by Gasteiger charge is -2.29. The number of anilines is 1. The van der Waals surface area contributed by atoms with Gasteiger partial charge in [0.05, 0.1) is 11.0 Å². The number of nitrogens with two attached hydrogens (primary N) is 1. The van der Waals surface area contributed by atoms with Gasteiger partial charge in [0.1, 0.15) is 0 Å². The molecule has 6 heteroatoms. The largest absolute Gasteiger partial charge is 0.398 e. The van der Waals surface area contributed by atoms with Crippen molar-refractivity contribution in [3.05, 3.63) is 23.8 Å². The van der Waals surface area contributed by atoms with Crippen LogP contribution < -0.4 is 5.73 Å². The summed E-state index contributed by atoms with van der Waals surface area (Å²) in [4.78, 5) is 0.205. The summed E-state index contributed by atoms with van der Waals surface area (Å²) in [6.45, 7) is 2.59. The van der Waals surface area contributed by atoms with Crippen molar-refractivity contribution in [1.82, 2.24) is 4.31 Å². The molecule has 19 heavy (non-hydrogen) atoms. The normalized spacial score (nSPS) is 21.5. The highest BCUT2D eigenvalue weighted by molar-refractivity contribution is 7.89. The van der Waals surface area contributed by atoms with Gasteiger partial charge in [0.15, 0.2) is 0 Å². The van der Waals surface area contributed by atoms with Gasteiger partial charge in [-0.3, -0.25) is 0 Å². The number of hydrogen-bond donors (Lipinski definition) is 2. The van der Waals surface area contributed by atoms with Crippen molar-refractivity contribution in [3.8, 4) is 0 Å². The fourth-order valence-electron chi connectivity index (χ4n) is 2.34. The van der Waals surface area contributed by atoms with Gasteiger partial charge in [-0.15, -0.1) is 0 Å². The molecule has 3 N–H and O–H groups in total. The molecule has 0 amide bonds. The van der Waals surface area contributed by atoms with Gasteiger partial charge < -0.3 is 10.8 Å². The molecule has 106 valence electrons. The quantitative estimate of drug-likeness (QED) is 0.810. The van der Waals surface area contributed by atoms with E-state index < -0.39 is 16.1 Å². The van der Waals surface area contributed by atoms with E-state index in [1.54, 1.807) is 12.1 Å². The average Bonchev–Trinajstić information content (AvgIpc) is 2.38. The van der Waals surface area contributed by atoms with Gasteiger partial charge in [0.25, 0.3) is 0 Å². The third-order valence-electron chi connectivity index (χ3n) is 3.50. The molecule has 0 spiro atoms. The molecule has 0 aliphatic carbocycles. The van der Waals surface area contributed by atoms with E-state index in [-0.39, 0.29) is 11.4 Å². The van der Waals surface area contributed by atoms with Gasteiger partial charge >= 0.3 is 0 Å². The molecule has 0 radical (unpaired) electrons. The molecule has 1 fully saturated rings. The highest BCUT2D eigenvalue weighted by atomic mass is 32.2. The first kappa shape index (κ1) is 14.3. The van der Waals surface area contributed by atoms with E-state index in [4.69, 9.17) is 5.73 Å². The summed E-state index contributed by atoms with van der Waals surface area (Å²) in [6, 6.07) is 4.85. The zero-order chi connectivity index (χ0) is 14.0. The summed E-state index contributed by atoms with van der Waals surface area (Å²) < 4.78 is 26.2. The highest BCUT2D eigenvalue weighted by Crippen LogP contribution is 2.24. The minimum absolute atomic E-state index is 0.164. The number of aliphatic hydroxyl groups excluding tert-OH is 1. The maximum Gasteiger partial charge on any atom is 0.243 e. The second-order valence-electron chi connectivity index (χ2n) is 4.87. The van der Waals surface area contributed by atoms with E-state index in [0.717, 1.165) is 12.0 Å². The van der Waals surface area contributed by atoms with Crippen LogP contribution in [0.5, 0.6) is 0 Å². The second-order valence-corrected chi connectivity index (χ2v) is 6.81. The zero-order valence-electron chi connectivity index (χ0n) is 11.0. The Labute approximate surface area is 114 Å². The molecule has 1 aliphatic heterocycles. The lowest BCUT2D eigenvalue weighted by molar-refractivity contribution is 0.108. The number of nitrogen functional groups attached to an aromatic ring is 1. The predicted molar refractivity (Wildman–Crippen MR) is 74.2 cm³/mol. The summed E-state index contributed by atoms with van der Waals surface area (Å²) >= 11 is 0. The molecule has 0 bridgehead atoms. The molecule has 2 rings (SSSR count). The number of aliphatic hydroxyl groups is 1. The van der Waals surface area contributed by atoms with Crippen LogP contribution in [0.1, 0.15) is 25.3 Å². The standard InChI is InChI=1S/C13H20N2O3S/c1-2-10-5-6-12(8-13(10)14)19(17,18)15-7-3-4-11(16)9-15/h5-6,8,11,16H,2-4,7,9,14H2,1H3/t11-/m0/s1. The van der Waals surface area contributed by atoms with Gasteiger partial charge in [0.2, 0.25) is 10.0 Å². The van der Waals surface area contributed by atoms with E-state index in [1.807, 2.05) is 6.92 Å². The SMILES string of the molecule is CCc1ccc(S(=O)(=O)N2CCC[C@H](O)C2)cc1N. The first-order chi connectivity index (χ1) is 8.95. The Morgan fingerprint density at radius 1 is 1.47 bits per heavy atom. The molecular weight excluding hydrogens is 264 g/mol. The number of sulfonamides is 1. The minimum Gasteiger partial charge on any atom is -0.398 e. The Balaban J connectivity index is 2.31. The molecule has 0 unspecified atom stereocenters. The number of nitrogens with zero attached hydrogens (tertiary/aromatic N) is 1. The molecule has 5 nitrogen and oxygen atoms in total. The molecule has 1 aromatic carbocycles. The molecule has 1 saturated heterocycles. The average molecular weight is 284 g/mol. The van der Waals surface area contributed by atoms with Crippen molar-refractivity contribution in [2.75, 3.05) is 18.8 Å². The van der Waals surface area contributed by atoms with Crippen LogP contribution in [0.15, 0.2) is 23.1 Å². The second kappa shape index (κ2) is 5.48. The Kier molecular flexibility index (Phi) is 4.13. The lowest BCUT2D eigenvalue weighted by Crippen LogP contribution is -2.42. The van der Waals surface area contributed by atoms with Crippen LogP contribution in [0.3, 0.4) is 0 Å². The van der Waals surface area contributed by atoms with Crippen LogP contribution in [-0.2, 0) is 16.4 Å². The molecule has 0 saturated carbocycles. The summed E-state index contributed by atoms with van der Waals surface area (Å²) in [5, 5.41) is 9.60. The van der Waals surface area contributed by atoms with Crippen molar-refractivity contribution in [1.29, 1.82) is 0 Å². The topological polar surface area (TPSA) is 83.6 Å². The van der Waals surface area contributed by atoms with Crippen molar-refractivity contribution in [2.45, 2.75) is 37.2 Å². The highest BCUT2D eigenvalue weighted by Gasteiger charge is 2.29. The van der Waals surface area contributed by atoms with Crippen LogP contribution >= 0.6 is 0 Å². The van der Waals surface area contributed by atoms with Gasteiger partial charge in [-0.1, -0.05) is 13.0 Å². The third-order valence-corrected chi connectivity index (χ3v) is 5.36. The number of β-amino-alcohol motifs (C(OH)–C–C–N with tert-alkyl or cyclic N) is 1. The number of piperidine rings is 1. The van der Waals surface area contributed by atoms with Crippen molar-refractivity contribution < 1.29 is 13.5 Å². The Hall–Kier alpha value is -1.11. The van der Waals surface area contributed by atoms with Gasteiger partial charge in [-0.2, -0.15) is 4.31 Å². The van der Waals surface area contributed by atoms with Crippen LogP contribution in [-0.4, -0.2) is 37.0 Å². The maximum absolute atomic E-state index is 12.4. The summed E-state index contributed by atoms with van der Waals surface area (Å²) in [5.41, 5.74) is 7.30. The van der Waals surface area contributed by atoms with Gasteiger partial charge in [-0.05, 0) is 37.0 Å². The first-order valence-electron chi connectivity index (χ1n) is 6.51. The Morgan fingerprint density at radius 2 is 2.21 bits per heavy atom. The van der Waals surface area contributed by atoms with Gasteiger partial charge in [0, 0.05) is 18.8 Å². The smallest absolute Gasteiger partial charge is 0.243 e. The first-order valence-corrected chi connectivity index (χ1v) is 7.95. The fourth-order valence-corrected chi connectivity index (χ4v) is 3.90. The van der Waals surface area contributed by atoms with E-state index in [0.29, 0.717) is 25.1 Å². The Bertz CT molecular complexity index is 557. The van der Waals surface area contributed by atoms with Crippen LogP contribution in [0, 0.1) is 0 Å². The Morgan fingerprint density at radius 3 is 2.79 bits per heavy atom. The summed E-state index contributed by atoms with van der Waals surface area (Å²) in [5.74, 6) is 0. The lowest BCUT2D eigenvalue weighted by atomic mass is 10.1. The van der Waals surface area contributed by atoms with Crippen LogP contribution in [0.4, 0.5) is 5.69 Å². The molecule has 1 heterocycles. The van der Waals surface area contributed by atoms with Crippen molar-refractivity contribution in [2.24, 2.45) is 0 Å². The number of benzene rings is 1. The van der Waals surface area contributed by atoms with E-state index in [1.165, 1.54) is 10.4 Å². The fraction of sp³-hybridized carbons (Fsp3) is 0.538. The van der Waals surface area contributed by atoms with Crippen molar-refractivity contribution >= 4 is 15.7 Å². The number of aryl methyl sites for hydroxylation is 1. The van der Waals surface area contributed by atoms with E-state index in [2.05, 4.69) is 0 Å². The van der Waals surface area contributed by atoms with Gasteiger partial charge in [-0.25, -0.2) is 8.42 Å². The molecular formula is C13H20N2O3S. The van der Waals surface area contributed by atoms with E-state index in [9.17, 15) is 13.5 Å². The third kappa shape index (κ3) is 2.91. The monoisotopic (exact) mass is 284 g/mol. The predicted octanol–water partition coefficient (Wildman–Crippen LogP) is 0.977. The van der Waals surface area contributed by atoms with Crippen LogP contribution in [0.25, 0.3) is 0 Å². The van der Waals surface area contributed by atoms with Crippen LogP contribution in [0.2, 0.25) is 0 Å². The number of hydrogen-bond acceptors (Lipinski definition) is 4. The maximum atomic E-state index is 12.4. The molecule has 1 atom stereocenters. The van der Waals surface area contributed by atoms with Crippen molar-refractivity contribution in [3.63, 3.8) is 0 Å². The summed E-state index contributed by atoms with van der Waals surface area (Å²) in [6.07, 6.45) is 1.54. The zero-order valence-corrected chi connectivity index (χ0v) is 11.9. The minimum atomic E-state index is -3.55. The molecule has 0 aromatic heterocycles. The number of rotatable bonds is 3. The summed E-state index contributed by atoms with van der Waals surface area (Å²) in [7, 11) is -3.55. The molecule has 1 aromatic rings.